The van der Waals surface area contributed by atoms with Gasteiger partial charge in [0, 0.05) is 32.4 Å². The number of hydrogen-bond donors (Lipinski definition) is 2. The number of ether oxygens (including phenoxy) is 1. The summed E-state index contributed by atoms with van der Waals surface area (Å²) in [5.74, 6) is 0.177. The summed E-state index contributed by atoms with van der Waals surface area (Å²) < 4.78 is 54.2. The van der Waals surface area contributed by atoms with E-state index in [4.69, 9.17) is 0 Å². The summed E-state index contributed by atoms with van der Waals surface area (Å²) in [6.07, 6.45) is -2.97. The van der Waals surface area contributed by atoms with Gasteiger partial charge in [0.2, 0.25) is 5.88 Å². The van der Waals surface area contributed by atoms with Crippen LogP contribution in [0.2, 0.25) is 0 Å². The second-order valence-electron chi connectivity index (χ2n) is 5.77. The van der Waals surface area contributed by atoms with Crippen molar-refractivity contribution in [3.63, 3.8) is 0 Å². The van der Waals surface area contributed by atoms with E-state index in [0.717, 1.165) is 11.1 Å². The Morgan fingerprint density at radius 2 is 1.75 bits per heavy atom. The molecular weight excluding hydrogens is 491 g/mol. The van der Waals surface area contributed by atoms with Gasteiger partial charge < -0.3 is 15.4 Å². The number of guanidine groups is 1. The monoisotopic (exact) mass is 512 g/mol. The molecule has 0 spiro atoms. The molecule has 0 aliphatic heterocycles. The van der Waals surface area contributed by atoms with Gasteiger partial charge in [-0.1, -0.05) is 18.2 Å². The van der Waals surface area contributed by atoms with Crippen molar-refractivity contribution >= 4 is 29.9 Å². The van der Waals surface area contributed by atoms with Gasteiger partial charge >= 0.3 is 6.18 Å². The summed E-state index contributed by atoms with van der Waals surface area (Å²) in [5.41, 5.74) is 2.22. The van der Waals surface area contributed by atoms with Gasteiger partial charge in [-0.3, -0.25) is 4.99 Å². The highest BCUT2D eigenvalue weighted by Crippen LogP contribution is 2.17. The number of nitrogens with one attached hydrogen (secondary N) is 2. The third kappa shape index (κ3) is 8.28. The molecule has 0 atom stereocenters. The first kappa shape index (κ1) is 23.9. The van der Waals surface area contributed by atoms with Crippen molar-refractivity contribution in [1.82, 2.24) is 15.6 Å². The summed E-state index contributed by atoms with van der Waals surface area (Å²) in [7, 11) is 1.61. The zero-order valence-electron chi connectivity index (χ0n) is 15.3. The third-order valence-electron chi connectivity index (χ3n) is 3.55. The second-order valence-corrected chi connectivity index (χ2v) is 5.77. The molecule has 0 unspecified atom stereocenters. The zero-order chi connectivity index (χ0) is 19.9. The fourth-order valence-electron chi connectivity index (χ4n) is 2.17. The summed E-state index contributed by atoms with van der Waals surface area (Å²) in [5, 5.41) is 6.16. The van der Waals surface area contributed by atoms with Crippen LogP contribution >= 0.6 is 24.0 Å². The van der Waals surface area contributed by atoms with E-state index in [1.807, 2.05) is 0 Å². The molecule has 1 aromatic carbocycles. The van der Waals surface area contributed by atoms with E-state index < -0.39 is 12.8 Å². The lowest BCUT2D eigenvalue weighted by molar-refractivity contribution is -0.154. The first-order valence-electron chi connectivity index (χ1n) is 8.11. The van der Waals surface area contributed by atoms with Gasteiger partial charge in [0.1, 0.15) is 5.82 Å². The minimum atomic E-state index is -4.40. The Morgan fingerprint density at radius 3 is 2.29 bits per heavy atom. The van der Waals surface area contributed by atoms with Gasteiger partial charge in [0.05, 0.1) is 0 Å². The van der Waals surface area contributed by atoms with Gasteiger partial charge in [-0.2, -0.15) is 13.2 Å². The average Bonchev–Trinajstić information content (AvgIpc) is 2.63. The van der Waals surface area contributed by atoms with Crippen LogP contribution in [-0.4, -0.2) is 30.8 Å². The van der Waals surface area contributed by atoms with Crippen LogP contribution in [0.1, 0.15) is 16.7 Å². The molecule has 0 saturated carbocycles. The van der Waals surface area contributed by atoms with Crippen LogP contribution in [0.5, 0.6) is 5.88 Å². The van der Waals surface area contributed by atoms with Crippen LogP contribution in [0.15, 0.2) is 41.5 Å². The molecule has 0 fully saturated rings. The first-order valence-corrected chi connectivity index (χ1v) is 8.11. The number of halogens is 5. The highest BCUT2D eigenvalue weighted by atomic mass is 127. The van der Waals surface area contributed by atoms with Crippen molar-refractivity contribution in [3.05, 3.63) is 59.0 Å². The fourth-order valence-corrected chi connectivity index (χ4v) is 2.17. The van der Waals surface area contributed by atoms with E-state index >= 15 is 0 Å². The van der Waals surface area contributed by atoms with Crippen molar-refractivity contribution < 1.29 is 22.3 Å². The summed E-state index contributed by atoms with van der Waals surface area (Å²) in [6.45, 7) is 1.15. The van der Waals surface area contributed by atoms with Crippen LogP contribution < -0.4 is 15.4 Å². The largest absolute Gasteiger partial charge is 0.468 e. The van der Waals surface area contributed by atoms with Crippen LogP contribution in [0.25, 0.3) is 0 Å². The molecule has 1 aromatic heterocycles. The molecular formula is C18H21F4IN4O. The number of benzene rings is 1. The van der Waals surface area contributed by atoms with E-state index in [-0.39, 0.29) is 35.7 Å². The minimum Gasteiger partial charge on any atom is -0.468 e. The SMILES string of the molecule is CN=C(NCc1ccc(OCC(F)(F)F)nc1)NCc1ccc(F)c(C)c1.I. The van der Waals surface area contributed by atoms with Gasteiger partial charge in [0.15, 0.2) is 12.6 Å². The maximum Gasteiger partial charge on any atom is 0.422 e. The van der Waals surface area contributed by atoms with Crippen LogP contribution in [-0.2, 0) is 13.1 Å². The number of aromatic nitrogens is 1. The Hall–Kier alpha value is -2.11. The van der Waals surface area contributed by atoms with Gasteiger partial charge in [-0.15, -0.1) is 24.0 Å². The normalized spacial score (nSPS) is 11.6. The van der Waals surface area contributed by atoms with Crippen LogP contribution in [0.4, 0.5) is 17.6 Å². The molecule has 1 heterocycles. The second kappa shape index (κ2) is 11.0. The van der Waals surface area contributed by atoms with E-state index in [0.29, 0.717) is 24.6 Å². The highest BCUT2D eigenvalue weighted by Gasteiger charge is 2.28. The topological polar surface area (TPSA) is 58.5 Å². The van der Waals surface area contributed by atoms with Gasteiger partial charge in [-0.05, 0) is 29.7 Å². The van der Waals surface area contributed by atoms with Crippen molar-refractivity contribution in [2.24, 2.45) is 4.99 Å². The highest BCUT2D eigenvalue weighted by molar-refractivity contribution is 14.0. The fraction of sp³-hybridized carbons (Fsp3) is 0.333. The quantitative estimate of drug-likeness (QED) is 0.267. The van der Waals surface area contributed by atoms with Crippen molar-refractivity contribution in [2.45, 2.75) is 26.2 Å². The summed E-state index contributed by atoms with van der Waals surface area (Å²) >= 11 is 0. The lowest BCUT2D eigenvalue weighted by Crippen LogP contribution is -2.36. The number of rotatable bonds is 6. The zero-order valence-corrected chi connectivity index (χ0v) is 17.6. The maximum absolute atomic E-state index is 13.3. The molecule has 2 aromatic rings. The molecule has 0 saturated heterocycles. The Morgan fingerprint density at radius 1 is 1.11 bits per heavy atom. The lowest BCUT2D eigenvalue weighted by atomic mass is 10.1. The van der Waals surface area contributed by atoms with Gasteiger partial charge in [-0.25, -0.2) is 9.37 Å². The lowest BCUT2D eigenvalue weighted by Gasteiger charge is -2.13. The van der Waals surface area contributed by atoms with Crippen molar-refractivity contribution in [3.8, 4) is 5.88 Å². The van der Waals surface area contributed by atoms with Crippen molar-refractivity contribution in [1.29, 1.82) is 0 Å². The number of aryl methyl sites for hydroxylation is 1. The van der Waals surface area contributed by atoms with Crippen LogP contribution in [0.3, 0.4) is 0 Å². The molecule has 28 heavy (non-hydrogen) atoms. The van der Waals surface area contributed by atoms with Crippen LogP contribution in [0, 0.1) is 12.7 Å². The summed E-state index contributed by atoms with van der Waals surface area (Å²) in [6, 6.07) is 7.84. The molecule has 0 amide bonds. The van der Waals surface area contributed by atoms with Gasteiger partial charge in [0.25, 0.3) is 0 Å². The molecule has 5 nitrogen and oxygen atoms in total. The molecule has 10 heteroatoms. The molecule has 0 bridgehead atoms. The number of hydrogen-bond acceptors (Lipinski definition) is 3. The summed E-state index contributed by atoms with van der Waals surface area (Å²) in [4.78, 5) is 7.92. The number of aliphatic imine (C=N–C) groups is 1. The minimum absolute atomic E-state index is 0. The Labute approximate surface area is 177 Å². The van der Waals surface area contributed by atoms with E-state index in [1.54, 1.807) is 32.2 Å². The number of alkyl halides is 3. The first-order chi connectivity index (χ1) is 12.8. The molecule has 0 aliphatic carbocycles. The van der Waals surface area contributed by atoms with E-state index in [9.17, 15) is 17.6 Å². The Bertz CT molecular complexity index is 782. The Kier molecular flexibility index (Phi) is 9.42. The predicted molar refractivity (Wildman–Crippen MR) is 109 cm³/mol. The molecule has 2 rings (SSSR count). The molecule has 0 radical (unpaired) electrons. The maximum atomic E-state index is 13.3. The standard InChI is InChI=1S/C18H20F4N4O.HI/c1-12-7-13(3-5-15(12)19)8-25-17(23-2)26-10-14-4-6-16(24-9-14)27-11-18(20,21)22;/h3-7,9H,8,10-11H2,1-2H3,(H2,23,25,26);1H. The predicted octanol–water partition coefficient (Wildman–Crippen LogP) is 3.95. The van der Waals surface area contributed by atoms with Crippen molar-refractivity contribution in [2.75, 3.05) is 13.7 Å². The number of nitrogens with zero attached hydrogens (tertiary/aromatic N) is 2. The molecule has 154 valence electrons. The molecule has 0 aliphatic rings. The molecule has 2 N–H and O–H groups in total. The number of pyridine rings is 1. The smallest absolute Gasteiger partial charge is 0.422 e. The van der Waals surface area contributed by atoms with E-state index in [2.05, 4.69) is 25.3 Å². The van der Waals surface area contributed by atoms with E-state index in [1.165, 1.54) is 18.3 Å². The Balaban J connectivity index is 0.00000392. The third-order valence-corrected chi connectivity index (χ3v) is 3.55. The average molecular weight is 512 g/mol.